The second kappa shape index (κ2) is 7.85. The molecule has 1 aliphatic heterocycles. The normalized spacial score (nSPS) is 22.3. The summed E-state index contributed by atoms with van der Waals surface area (Å²) < 4.78 is 16.3. The smallest absolute Gasteiger partial charge is 0.160 e. The molecule has 2 aromatic carbocycles. The summed E-state index contributed by atoms with van der Waals surface area (Å²) in [6, 6.07) is 10.4. The fourth-order valence-corrected chi connectivity index (χ4v) is 3.54. The minimum atomic E-state index is -0.265. The maximum absolute atomic E-state index is 9.95. The highest BCUT2D eigenvalue weighted by molar-refractivity contribution is 5.43. The lowest BCUT2D eigenvalue weighted by atomic mass is 9.84. The van der Waals surface area contributed by atoms with Crippen LogP contribution in [0, 0.1) is 11.8 Å². The highest BCUT2D eigenvalue weighted by atomic mass is 16.5. The number of rotatable bonds is 6. The molecule has 0 amide bonds. The van der Waals surface area contributed by atoms with Gasteiger partial charge in [-0.2, -0.15) is 0 Å². The molecule has 1 fully saturated rings. The van der Waals surface area contributed by atoms with E-state index in [-0.39, 0.29) is 36.0 Å². The zero-order valence-electron chi connectivity index (χ0n) is 14.9. The average molecular weight is 360 g/mol. The molecule has 1 unspecified atom stereocenters. The number of aliphatic hydroxyl groups excluding tert-OH is 1. The lowest BCUT2D eigenvalue weighted by molar-refractivity contribution is 0.0717. The molecule has 140 valence electrons. The summed E-state index contributed by atoms with van der Waals surface area (Å²) in [6.07, 6.45) is 0.437. The molecule has 3 atom stereocenters. The molecular formula is C20H24O6. The number of phenolic OH excluding ortho intramolecular Hbond substituents is 2. The first-order chi connectivity index (χ1) is 12.6. The van der Waals surface area contributed by atoms with Crippen LogP contribution in [0.1, 0.15) is 17.2 Å². The number of aliphatic hydroxyl groups is 1. The largest absolute Gasteiger partial charge is 0.504 e. The van der Waals surface area contributed by atoms with Gasteiger partial charge in [-0.25, -0.2) is 0 Å². The van der Waals surface area contributed by atoms with Crippen molar-refractivity contribution in [1.29, 1.82) is 0 Å². The Morgan fingerprint density at radius 2 is 1.65 bits per heavy atom. The fraction of sp³-hybridized carbons (Fsp3) is 0.400. The van der Waals surface area contributed by atoms with Crippen LogP contribution in [-0.4, -0.2) is 42.8 Å². The summed E-state index contributed by atoms with van der Waals surface area (Å²) in [6.45, 7) is 0.510. The Balaban J connectivity index is 1.79. The number of phenols is 2. The van der Waals surface area contributed by atoms with Gasteiger partial charge in [-0.15, -0.1) is 0 Å². The molecule has 0 aromatic heterocycles. The molecule has 1 saturated heterocycles. The van der Waals surface area contributed by atoms with Crippen LogP contribution in [0.3, 0.4) is 0 Å². The Hall–Kier alpha value is -2.44. The van der Waals surface area contributed by atoms with Crippen molar-refractivity contribution in [2.45, 2.75) is 12.5 Å². The predicted molar refractivity (Wildman–Crippen MR) is 95.8 cm³/mol. The molecule has 1 heterocycles. The average Bonchev–Trinajstić information content (AvgIpc) is 3.06. The Kier molecular flexibility index (Phi) is 5.54. The van der Waals surface area contributed by atoms with Crippen LogP contribution in [0.15, 0.2) is 36.4 Å². The summed E-state index contributed by atoms with van der Waals surface area (Å²) in [5.74, 6) is 1.04. The zero-order chi connectivity index (χ0) is 18.7. The number of benzene rings is 2. The van der Waals surface area contributed by atoms with Gasteiger partial charge >= 0.3 is 0 Å². The van der Waals surface area contributed by atoms with Crippen molar-refractivity contribution in [3.05, 3.63) is 47.5 Å². The molecule has 3 rings (SSSR count). The van der Waals surface area contributed by atoms with Gasteiger partial charge < -0.3 is 29.5 Å². The van der Waals surface area contributed by atoms with Gasteiger partial charge in [0.05, 0.1) is 26.9 Å². The van der Waals surface area contributed by atoms with Crippen molar-refractivity contribution >= 4 is 0 Å². The van der Waals surface area contributed by atoms with Crippen LogP contribution < -0.4 is 9.47 Å². The maximum atomic E-state index is 9.95. The van der Waals surface area contributed by atoms with E-state index in [9.17, 15) is 15.3 Å². The van der Waals surface area contributed by atoms with Gasteiger partial charge in [-0.05, 0) is 47.7 Å². The third kappa shape index (κ3) is 3.57. The Labute approximate surface area is 152 Å². The van der Waals surface area contributed by atoms with Crippen LogP contribution in [0.4, 0.5) is 0 Å². The lowest BCUT2D eigenvalue weighted by Crippen LogP contribution is -2.21. The first kappa shape index (κ1) is 18.4. The molecule has 0 bridgehead atoms. The summed E-state index contributed by atoms with van der Waals surface area (Å²) in [7, 11) is 3.02. The maximum Gasteiger partial charge on any atom is 0.160 e. The van der Waals surface area contributed by atoms with Crippen molar-refractivity contribution in [1.82, 2.24) is 0 Å². The van der Waals surface area contributed by atoms with Crippen LogP contribution in [0.25, 0.3) is 0 Å². The number of aromatic hydroxyl groups is 2. The standard InChI is InChI=1S/C20H24O6/c1-24-18-8-12(3-5-16(18)22)7-14-11-26-20(15(14)10-21)13-4-6-17(23)19(9-13)25-2/h3-6,8-9,14-15,20-23H,7,10-11H2,1-2H3/t14-,15-,20?/m0/s1. The highest BCUT2D eigenvalue weighted by Gasteiger charge is 2.38. The summed E-state index contributed by atoms with van der Waals surface area (Å²) >= 11 is 0. The molecule has 0 saturated carbocycles. The van der Waals surface area contributed by atoms with E-state index in [1.54, 1.807) is 30.3 Å². The van der Waals surface area contributed by atoms with Crippen LogP contribution in [0.2, 0.25) is 0 Å². The van der Waals surface area contributed by atoms with E-state index in [2.05, 4.69) is 0 Å². The SMILES string of the molecule is COc1cc(C[C@H]2COC(c3ccc(O)c(OC)c3)[C@H]2CO)ccc1O. The first-order valence-electron chi connectivity index (χ1n) is 8.52. The monoisotopic (exact) mass is 360 g/mol. The quantitative estimate of drug-likeness (QED) is 0.734. The van der Waals surface area contributed by atoms with E-state index in [0.717, 1.165) is 11.1 Å². The van der Waals surface area contributed by atoms with Gasteiger partial charge in [-0.1, -0.05) is 12.1 Å². The summed E-state index contributed by atoms with van der Waals surface area (Å²) in [5.41, 5.74) is 1.88. The van der Waals surface area contributed by atoms with Crippen molar-refractivity contribution < 1.29 is 29.5 Å². The fourth-order valence-electron chi connectivity index (χ4n) is 3.54. The molecule has 26 heavy (non-hydrogen) atoms. The molecule has 3 N–H and O–H groups in total. The van der Waals surface area contributed by atoms with Crippen molar-refractivity contribution in [3.8, 4) is 23.0 Å². The highest BCUT2D eigenvalue weighted by Crippen LogP contribution is 2.42. The van der Waals surface area contributed by atoms with Crippen LogP contribution >= 0.6 is 0 Å². The van der Waals surface area contributed by atoms with E-state index in [4.69, 9.17) is 14.2 Å². The molecular weight excluding hydrogens is 336 g/mol. The number of methoxy groups -OCH3 is 2. The van der Waals surface area contributed by atoms with Gasteiger partial charge in [0.2, 0.25) is 0 Å². The van der Waals surface area contributed by atoms with Gasteiger partial charge in [0, 0.05) is 12.5 Å². The van der Waals surface area contributed by atoms with E-state index >= 15 is 0 Å². The second-order valence-electron chi connectivity index (χ2n) is 6.50. The van der Waals surface area contributed by atoms with Gasteiger partial charge in [-0.3, -0.25) is 0 Å². The van der Waals surface area contributed by atoms with E-state index in [0.29, 0.717) is 24.5 Å². The van der Waals surface area contributed by atoms with E-state index in [1.165, 1.54) is 14.2 Å². The second-order valence-corrected chi connectivity index (χ2v) is 6.50. The van der Waals surface area contributed by atoms with Crippen molar-refractivity contribution in [2.75, 3.05) is 27.4 Å². The lowest BCUT2D eigenvalue weighted by Gasteiger charge is -2.22. The van der Waals surface area contributed by atoms with Crippen LogP contribution in [-0.2, 0) is 11.2 Å². The van der Waals surface area contributed by atoms with E-state index < -0.39 is 0 Å². The minimum Gasteiger partial charge on any atom is -0.504 e. The summed E-state index contributed by atoms with van der Waals surface area (Å²) in [5, 5.41) is 29.5. The first-order valence-corrected chi connectivity index (χ1v) is 8.52. The van der Waals surface area contributed by atoms with Crippen LogP contribution in [0.5, 0.6) is 23.0 Å². The molecule has 0 aliphatic carbocycles. The van der Waals surface area contributed by atoms with Crippen molar-refractivity contribution in [2.24, 2.45) is 11.8 Å². The van der Waals surface area contributed by atoms with Crippen molar-refractivity contribution in [3.63, 3.8) is 0 Å². The Bertz CT molecular complexity index is 760. The van der Waals surface area contributed by atoms with Gasteiger partial charge in [0.25, 0.3) is 0 Å². The third-order valence-electron chi connectivity index (χ3n) is 4.97. The predicted octanol–water partition coefficient (Wildman–Crippen LogP) is 2.65. The Morgan fingerprint density at radius 1 is 1.00 bits per heavy atom. The molecule has 2 aromatic rings. The number of hydrogen-bond donors (Lipinski definition) is 3. The molecule has 0 spiro atoms. The number of ether oxygens (including phenoxy) is 3. The molecule has 0 radical (unpaired) electrons. The zero-order valence-corrected chi connectivity index (χ0v) is 14.9. The third-order valence-corrected chi connectivity index (χ3v) is 4.97. The summed E-state index contributed by atoms with van der Waals surface area (Å²) in [4.78, 5) is 0. The van der Waals surface area contributed by atoms with Gasteiger partial charge in [0.1, 0.15) is 0 Å². The molecule has 6 heteroatoms. The minimum absolute atomic E-state index is 0.00621. The molecule has 1 aliphatic rings. The molecule has 6 nitrogen and oxygen atoms in total. The van der Waals surface area contributed by atoms with Gasteiger partial charge in [0.15, 0.2) is 23.0 Å². The van der Waals surface area contributed by atoms with E-state index in [1.807, 2.05) is 6.07 Å². The Morgan fingerprint density at radius 3 is 2.31 bits per heavy atom. The number of hydrogen-bond acceptors (Lipinski definition) is 6. The topological polar surface area (TPSA) is 88.4 Å².